The average Bonchev–Trinajstić information content (AvgIpc) is 2.89. The van der Waals surface area contributed by atoms with Gasteiger partial charge in [0, 0.05) is 48.7 Å². The summed E-state index contributed by atoms with van der Waals surface area (Å²) < 4.78 is 0. The standard InChI is InChI=1S/C14H14N4O2/c19-18(20)13-2-1-12(8-3-4-15-5-9(8)13)17-14-10-6-16-7-11(10)14/h1-5,10-11,14,16-17H,6-7H2. The van der Waals surface area contributed by atoms with Crippen LogP contribution < -0.4 is 10.6 Å². The highest BCUT2D eigenvalue weighted by atomic mass is 16.6. The number of benzene rings is 1. The summed E-state index contributed by atoms with van der Waals surface area (Å²) in [6, 6.07) is 5.69. The Bertz CT molecular complexity index is 693. The quantitative estimate of drug-likeness (QED) is 0.656. The number of hydrogen-bond donors (Lipinski definition) is 2. The van der Waals surface area contributed by atoms with Crippen molar-refractivity contribution in [3.8, 4) is 0 Å². The lowest BCUT2D eigenvalue weighted by molar-refractivity contribution is -0.383. The van der Waals surface area contributed by atoms with Gasteiger partial charge in [0.15, 0.2) is 0 Å². The lowest BCUT2D eigenvalue weighted by atomic mass is 10.1. The highest BCUT2D eigenvalue weighted by Crippen LogP contribution is 2.44. The van der Waals surface area contributed by atoms with Gasteiger partial charge in [-0.1, -0.05) is 0 Å². The number of nitrogens with one attached hydrogen (secondary N) is 2. The van der Waals surface area contributed by atoms with Gasteiger partial charge in [0.1, 0.15) is 0 Å². The molecule has 2 fully saturated rings. The minimum Gasteiger partial charge on any atom is -0.381 e. The van der Waals surface area contributed by atoms with Crippen LogP contribution in [0.2, 0.25) is 0 Å². The summed E-state index contributed by atoms with van der Waals surface area (Å²) in [5.41, 5.74) is 1.07. The maximum atomic E-state index is 11.1. The Kier molecular flexibility index (Phi) is 2.40. The SMILES string of the molecule is O=[N+]([O-])c1ccc(NC2C3CNCC32)c2ccncc12. The molecule has 0 spiro atoms. The number of rotatable bonds is 3. The zero-order valence-electron chi connectivity index (χ0n) is 10.7. The van der Waals surface area contributed by atoms with E-state index in [2.05, 4.69) is 15.6 Å². The number of nitrogens with zero attached hydrogens (tertiary/aromatic N) is 2. The molecule has 2 heterocycles. The normalized spacial score (nSPS) is 27.3. The van der Waals surface area contributed by atoms with Crippen molar-refractivity contribution >= 4 is 22.1 Å². The van der Waals surface area contributed by atoms with Crippen molar-refractivity contribution in [1.82, 2.24) is 10.3 Å². The molecular weight excluding hydrogens is 256 g/mol. The third kappa shape index (κ3) is 1.65. The highest BCUT2D eigenvalue weighted by molar-refractivity contribution is 5.99. The zero-order valence-corrected chi connectivity index (χ0v) is 10.7. The first-order valence-electron chi connectivity index (χ1n) is 6.74. The summed E-state index contributed by atoms with van der Waals surface area (Å²) in [5, 5.41) is 19.4. The number of fused-ring (bicyclic) bond motifs is 2. The molecule has 2 unspecified atom stereocenters. The maximum absolute atomic E-state index is 11.1. The average molecular weight is 270 g/mol. The van der Waals surface area contributed by atoms with Crippen molar-refractivity contribution in [2.45, 2.75) is 6.04 Å². The molecule has 6 heteroatoms. The lowest BCUT2D eigenvalue weighted by Gasteiger charge is -2.11. The Labute approximate surface area is 115 Å². The van der Waals surface area contributed by atoms with Crippen LogP contribution in [0, 0.1) is 22.0 Å². The van der Waals surface area contributed by atoms with Crippen LogP contribution >= 0.6 is 0 Å². The molecule has 1 aliphatic carbocycles. The number of piperidine rings is 1. The van der Waals surface area contributed by atoms with E-state index in [1.165, 1.54) is 0 Å². The fraction of sp³-hybridized carbons (Fsp3) is 0.357. The molecule has 1 aliphatic heterocycles. The van der Waals surface area contributed by atoms with Crippen molar-refractivity contribution in [1.29, 1.82) is 0 Å². The van der Waals surface area contributed by atoms with Crippen LogP contribution in [0.3, 0.4) is 0 Å². The van der Waals surface area contributed by atoms with Crippen LogP contribution in [-0.4, -0.2) is 29.0 Å². The van der Waals surface area contributed by atoms with Gasteiger partial charge in [-0.3, -0.25) is 15.1 Å². The molecule has 6 nitrogen and oxygen atoms in total. The van der Waals surface area contributed by atoms with Gasteiger partial charge in [0.2, 0.25) is 0 Å². The molecule has 2 N–H and O–H groups in total. The second-order valence-electron chi connectivity index (χ2n) is 5.47. The van der Waals surface area contributed by atoms with Gasteiger partial charge in [0.05, 0.1) is 10.3 Å². The van der Waals surface area contributed by atoms with Gasteiger partial charge in [-0.15, -0.1) is 0 Å². The molecule has 0 bridgehead atoms. The van der Waals surface area contributed by atoms with Crippen LogP contribution in [0.4, 0.5) is 11.4 Å². The van der Waals surface area contributed by atoms with Crippen LogP contribution in [-0.2, 0) is 0 Å². The van der Waals surface area contributed by atoms with Gasteiger partial charge in [-0.25, -0.2) is 0 Å². The van der Waals surface area contributed by atoms with Gasteiger partial charge < -0.3 is 10.6 Å². The summed E-state index contributed by atoms with van der Waals surface area (Å²) in [6.07, 6.45) is 3.24. The summed E-state index contributed by atoms with van der Waals surface area (Å²) in [6.45, 7) is 2.13. The van der Waals surface area contributed by atoms with E-state index in [1.807, 2.05) is 12.1 Å². The summed E-state index contributed by atoms with van der Waals surface area (Å²) in [7, 11) is 0. The van der Waals surface area contributed by atoms with Crippen LogP contribution in [0.25, 0.3) is 10.8 Å². The molecule has 0 radical (unpaired) electrons. The van der Waals surface area contributed by atoms with Crippen molar-refractivity contribution < 1.29 is 4.92 Å². The molecule has 0 amide bonds. The first kappa shape index (κ1) is 11.6. The second kappa shape index (κ2) is 4.14. The number of pyridine rings is 1. The summed E-state index contributed by atoms with van der Waals surface area (Å²) >= 11 is 0. The molecule has 102 valence electrons. The topological polar surface area (TPSA) is 80.1 Å². The molecule has 1 saturated heterocycles. The Morgan fingerprint density at radius 3 is 2.80 bits per heavy atom. The molecule has 1 aromatic heterocycles. The molecule has 2 aromatic rings. The van der Waals surface area contributed by atoms with Crippen molar-refractivity contribution in [2.24, 2.45) is 11.8 Å². The fourth-order valence-corrected chi connectivity index (χ4v) is 3.27. The van der Waals surface area contributed by atoms with Gasteiger partial charge in [0.25, 0.3) is 5.69 Å². The van der Waals surface area contributed by atoms with E-state index in [0.29, 0.717) is 23.3 Å². The Balaban J connectivity index is 1.73. The molecule has 4 rings (SSSR count). The Hall–Kier alpha value is -2.21. The molecule has 1 saturated carbocycles. The van der Waals surface area contributed by atoms with E-state index >= 15 is 0 Å². The third-order valence-corrected chi connectivity index (χ3v) is 4.41. The molecular formula is C14H14N4O2. The highest BCUT2D eigenvalue weighted by Gasteiger charge is 2.53. The smallest absolute Gasteiger partial charge is 0.278 e. The van der Waals surface area contributed by atoms with E-state index in [-0.39, 0.29) is 10.6 Å². The first-order valence-corrected chi connectivity index (χ1v) is 6.74. The van der Waals surface area contributed by atoms with E-state index in [4.69, 9.17) is 0 Å². The van der Waals surface area contributed by atoms with E-state index in [9.17, 15) is 10.1 Å². The zero-order chi connectivity index (χ0) is 13.7. The fourth-order valence-electron chi connectivity index (χ4n) is 3.27. The minimum atomic E-state index is -0.358. The number of nitro groups is 1. The van der Waals surface area contributed by atoms with Crippen LogP contribution in [0.15, 0.2) is 30.6 Å². The minimum absolute atomic E-state index is 0.108. The number of non-ortho nitro benzene ring substituents is 1. The Morgan fingerprint density at radius 1 is 1.25 bits per heavy atom. The molecule has 2 atom stereocenters. The largest absolute Gasteiger partial charge is 0.381 e. The summed E-state index contributed by atoms with van der Waals surface area (Å²) in [5.74, 6) is 1.39. The number of hydrogen-bond acceptors (Lipinski definition) is 5. The second-order valence-corrected chi connectivity index (χ2v) is 5.47. The molecule has 1 aromatic carbocycles. The Morgan fingerprint density at radius 2 is 2.05 bits per heavy atom. The number of nitro benzene ring substituents is 1. The van der Waals surface area contributed by atoms with Gasteiger partial charge in [-0.2, -0.15) is 0 Å². The first-order chi connectivity index (χ1) is 9.75. The van der Waals surface area contributed by atoms with Crippen molar-refractivity contribution in [3.63, 3.8) is 0 Å². The van der Waals surface area contributed by atoms with E-state index in [1.54, 1.807) is 18.5 Å². The third-order valence-electron chi connectivity index (χ3n) is 4.41. The molecule has 20 heavy (non-hydrogen) atoms. The number of anilines is 1. The van der Waals surface area contributed by atoms with E-state index < -0.39 is 0 Å². The number of aromatic nitrogens is 1. The lowest BCUT2D eigenvalue weighted by Crippen LogP contribution is -2.21. The van der Waals surface area contributed by atoms with E-state index in [0.717, 1.165) is 24.2 Å². The summed E-state index contributed by atoms with van der Waals surface area (Å²) in [4.78, 5) is 14.7. The van der Waals surface area contributed by atoms with Gasteiger partial charge >= 0.3 is 0 Å². The van der Waals surface area contributed by atoms with Crippen molar-refractivity contribution in [3.05, 3.63) is 40.7 Å². The van der Waals surface area contributed by atoms with Crippen LogP contribution in [0.5, 0.6) is 0 Å². The monoisotopic (exact) mass is 270 g/mol. The molecule has 2 aliphatic rings. The predicted octanol–water partition coefficient (Wildman–Crippen LogP) is 1.77. The van der Waals surface area contributed by atoms with Crippen molar-refractivity contribution in [2.75, 3.05) is 18.4 Å². The maximum Gasteiger partial charge on any atom is 0.278 e. The predicted molar refractivity (Wildman–Crippen MR) is 75.7 cm³/mol. The van der Waals surface area contributed by atoms with Crippen LogP contribution in [0.1, 0.15) is 0 Å². The van der Waals surface area contributed by atoms with Gasteiger partial charge in [-0.05, 0) is 24.0 Å².